The number of hydrogen-bond donors (Lipinski definition) is 0. The van der Waals surface area contributed by atoms with Gasteiger partial charge in [0.05, 0.1) is 20.1 Å². The van der Waals surface area contributed by atoms with Crippen LogP contribution in [0, 0.1) is 5.92 Å². The molecule has 0 radical (unpaired) electrons. The number of ether oxygens (including phenoxy) is 2. The number of benzene rings is 3. The minimum absolute atomic E-state index is 0.00193. The van der Waals surface area contributed by atoms with Crippen molar-refractivity contribution in [3.8, 4) is 11.5 Å². The van der Waals surface area contributed by atoms with E-state index in [-0.39, 0.29) is 17.7 Å². The molecule has 2 atom stereocenters. The zero-order chi connectivity index (χ0) is 24.1. The van der Waals surface area contributed by atoms with Crippen molar-refractivity contribution in [1.29, 1.82) is 0 Å². The van der Waals surface area contributed by atoms with Crippen LogP contribution >= 0.6 is 0 Å². The Labute approximate surface area is 200 Å². The lowest BCUT2D eigenvalue weighted by atomic mass is 9.87. The molecule has 176 valence electrons. The molecular formula is C28H30N2O4. The third-order valence-electron chi connectivity index (χ3n) is 6.42. The molecule has 2 amide bonds. The lowest BCUT2D eigenvalue weighted by Gasteiger charge is -2.25. The summed E-state index contributed by atoms with van der Waals surface area (Å²) in [5.41, 5.74) is 2.55. The molecule has 3 aromatic rings. The molecular weight excluding hydrogens is 428 g/mol. The highest BCUT2D eigenvalue weighted by molar-refractivity contribution is 5.95. The summed E-state index contributed by atoms with van der Waals surface area (Å²) in [4.78, 5) is 30.5. The van der Waals surface area contributed by atoms with E-state index in [0.29, 0.717) is 36.7 Å². The molecule has 1 saturated heterocycles. The molecule has 0 aliphatic carbocycles. The SMILES string of the molecule is COc1ccc(OC)c([C@H]2CN(C(=O)c3ccccc3)C[C@@H]2C(=O)N(C)Cc2ccccc2)c1. The topological polar surface area (TPSA) is 59.1 Å². The Morgan fingerprint density at radius 2 is 1.59 bits per heavy atom. The number of amides is 2. The third-order valence-corrected chi connectivity index (χ3v) is 6.42. The Hall–Kier alpha value is -3.80. The quantitative estimate of drug-likeness (QED) is 0.532. The fourth-order valence-corrected chi connectivity index (χ4v) is 4.65. The van der Waals surface area contributed by atoms with Crippen molar-refractivity contribution >= 4 is 11.8 Å². The van der Waals surface area contributed by atoms with E-state index in [2.05, 4.69) is 0 Å². The van der Waals surface area contributed by atoms with Gasteiger partial charge in [0.25, 0.3) is 5.91 Å². The molecule has 34 heavy (non-hydrogen) atoms. The van der Waals surface area contributed by atoms with Crippen molar-refractivity contribution < 1.29 is 19.1 Å². The monoisotopic (exact) mass is 458 g/mol. The van der Waals surface area contributed by atoms with Gasteiger partial charge in [0.15, 0.2) is 0 Å². The van der Waals surface area contributed by atoms with Crippen LogP contribution in [0.5, 0.6) is 11.5 Å². The first kappa shape index (κ1) is 23.4. The molecule has 1 aliphatic heterocycles. The van der Waals surface area contributed by atoms with Gasteiger partial charge in [0.1, 0.15) is 11.5 Å². The largest absolute Gasteiger partial charge is 0.497 e. The van der Waals surface area contributed by atoms with Crippen molar-refractivity contribution in [3.63, 3.8) is 0 Å². The van der Waals surface area contributed by atoms with E-state index in [1.165, 1.54) is 0 Å². The number of rotatable bonds is 7. The van der Waals surface area contributed by atoms with Crippen LogP contribution in [-0.2, 0) is 11.3 Å². The van der Waals surface area contributed by atoms with Crippen LogP contribution in [0.25, 0.3) is 0 Å². The number of carbonyl (C=O) groups is 2. The van der Waals surface area contributed by atoms with Gasteiger partial charge >= 0.3 is 0 Å². The summed E-state index contributed by atoms with van der Waals surface area (Å²) in [7, 11) is 5.05. The van der Waals surface area contributed by atoms with Gasteiger partial charge in [0, 0.05) is 43.7 Å². The van der Waals surface area contributed by atoms with E-state index >= 15 is 0 Å². The van der Waals surface area contributed by atoms with Gasteiger partial charge in [-0.05, 0) is 35.9 Å². The molecule has 1 aliphatic rings. The fraction of sp³-hybridized carbons (Fsp3) is 0.286. The number of nitrogens with zero attached hydrogens (tertiary/aromatic N) is 2. The second kappa shape index (κ2) is 10.4. The van der Waals surface area contributed by atoms with E-state index in [1.54, 1.807) is 36.2 Å². The molecule has 4 rings (SSSR count). The Morgan fingerprint density at radius 1 is 0.912 bits per heavy atom. The van der Waals surface area contributed by atoms with Gasteiger partial charge in [0.2, 0.25) is 5.91 Å². The summed E-state index contributed by atoms with van der Waals surface area (Å²) in [5.74, 6) is 0.678. The van der Waals surface area contributed by atoms with Gasteiger partial charge in [-0.3, -0.25) is 9.59 Å². The van der Waals surface area contributed by atoms with Crippen LogP contribution in [0.3, 0.4) is 0 Å². The van der Waals surface area contributed by atoms with Gasteiger partial charge < -0.3 is 19.3 Å². The number of likely N-dealkylation sites (tertiary alicyclic amines) is 1. The predicted molar refractivity (Wildman–Crippen MR) is 131 cm³/mol. The standard InChI is InChI=1S/C28H30N2O4/c1-29(17-20-10-6-4-7-11-20)28(32)25-19-30(27(31)21-12-8-5-9-13-21)18-24(25)23-16-22(33-2)14-15-26(23)34-3/h4-16,24-25H,17-19H2,1-3H3/t24-,25+/m1/s1. The molecule has 0 N–H and O–H groups in total. The minimum Gasteiger partial charge on any atom is -0.497 e. The third kappa shape index (κ3) is 4.91. The highest BCUT2D eigenvalue weighted by Crippen LogP contribution is 2.40. The average Bonchev–Trinajstić information content (AvgIpc) is 3.33. The maximum Gasteiger partial charge on any atom is 0.253 e. The van der Waals surface area contributed by atoms with E-state index in [9.17, 15) is 9.59 Å². The van der Waals surface area contributed by atoms with Crippen LogP contribution in [0.4, 0.5) is 0 Å². The van der Waals surface area contributed by atoms with Gasteiger partial charge in [-0.25, -0.2) is 0 Å². The van der Waals surface area contributed by atoms with E-state index in [0.717, 1.165) is 11.1 Å². The van der Waals surface area contributed by atoms with E-state index in [1.807, 2.05) is 73.8 Å². The van der Waals surface area contributed by atoms with Crippen LogP contribution in [0.1, 0.15) is 27.4 Å². The molecule has 1 heterocycles. The first-order valence-electron chi connectivity index (χ1n) is 11.4. The van der Waals surface area contributed by atoms with Crippen LogP contribution in [0.2, 0.25) is 0 Å². The smallest absolute Gasteiger partial charge is 0.253 e. The first-order chi connectivity index (χ1) is 16.5. The van der Waals surface area contributed by atoms with Gasteiger partial charge in [-0.15, -0.1) is 0 Å². The normalized spacial score (nSPS) is 17.3. The molecule has 1 fully saturated rings. The number of methoxy groups -OCH3 is 2. The first-order valence-corrected chi connectivity index (χ1v) is 11.4. The minimum atomic E-state index is -0.401. The molecule has 0 unspecified atom stereocenters. The number of hydrogen-bond acceptors (Lipinski definition) is 4. The van der Waals surface area contributed by atoms with Gasteiger partial charge in [-0.2, -0.15) is 0 Å². The Balaban J connectivity index is 1.66. The second-order valence-electron chi connectivity index (χ2n) is 8.58. The maximum absolute atomic E-state index is 13.7. The van der Waals surface area contributed by atoms with Crippen molar-refractivity contribution in [2.75, 3.05) is 34.4 Å². The van der Waals surface area contributed by atoms with Gasteiger partial charge in [-0.1, -0.05) is 48.5 Å². The summed E-state index contributed by atoms with van der Waals surface area (Å²) < 4.78 is 11.1. The lowest BCUT2D eigenvalue weighted by Crippen LogP contribution is -2.36. The molecule has 6 heteroatoms. The van der Waals surface area contributed by atoms with Crippen molar-refractivity contribution in [3.05, 3.63) is 95.6 Å². The second-order valence-corrected chi connectivity index (χ2v) is 8.58. The van der Waals surface area contributed by atoms with E-state index < -0.39 is 5.92 Å². The zero-order valence-electron chi connectivity index (χ0n) is 19.8. The molecule has 6 nitrogen and oxygen atoms in total. The Bertz CT molecular complexity index is 1130. The predicted octanol–water partition coefficient (Wildman–Crippen LogP) is 4.22. The lowest BCUT2D eigenvalue weighted by molar-refractivity contribution is -0.134. The highest BCUT2D eigenvalue weighted by atomic mass is 16.5. The van der Waals surface area contributed by atoms with Crippen molar-refractivity contribution in [2.45, 2.75) is 12.5 Å². The van der Waals surface area contributed by atoms with Crippen molar-refractivity contribution in [2.24, 2.45) is 5.92 Å². The summed E-state index contributed by atoms with van der Waals surface area (Å²) in [6.45, 7) is 1.27. The maximum atomic E-state index is 13.7. The molecule has 0 saturated carbocycles. The summed E-state index contributed by atoms with van der Waals surface area (Å²) in [6.07, 6.45) is 0. The summed E-state index contributed by atoms with van der Waals surface area (Å²) >= 11 is 0. The average molecular weight is 459 g/mol. The highest BCUT2D eigenvalue weighted by Gasteiger charge is 2.43. The summed E-state index contributed by atoms with van der Waals surface area (Å²) in [5, 5.41) is 0. The molecule has 3 aromatic carbocycles. The van der Waals surface area contributed by atoms with Crippen molar-refractivity contribution in [1.82, 2.24) is 9.80 Å². The molecule has 0 spiro atoms. The molecule has 0 aromatic heterocycles. The van der Waals surface area contributed by atoms with Crippen LogP contribution < -0.4 is 9.47 Å². The Morgan fingerprint density at radius 3 is 2.24 bits per heavy atom. The van der Waals surface area contributed by atoms with E-state index in [4.69, 9.17) is 9.47 Å². The molecule has 0 bridgehead atoms. The summed E-state index contributed by atoms with van der Waals surface area (Å²) in [6, 6.07) is 24.7. The Kier molecular flexibility index (Phi) is 7.16. The fourth-order valence-electron chi connectivity index (χ4n) is 4.65. The number of carbonyl (C=O) groups excluding carboxylic acids is 2. The zero-order valence-corrected chi connectivity index (χ0v) is 19.8. The van der Waals surface area contributed by atoms with Crippen LogP contribution in [0.15, 0.2) is 78.9 Å². The van der Waals surface area contributed by atoms with Crippen LogP contribution in [-0.4, -0.2) is 56.0 Å².